The summed E-state index contributed by atoms with van der Waals surface area (Å²) in [6.07, 6.45) is 0. The first-order valence-corrected chi connectivity index (χ1v) is 7.71. The summed E-state index contributed by atoms with van der Waals surface area (Å²) >= 11 is 5.21. The van der Waals surface area contributed by atoms with E-state index in [4.69, 9.17) is 12.2 Å². The number of aromatic amines is 1. The number of aryl methyl sites for hydroxylation is 1. The number of hydrogen-bond donors (Lipinski definition) is 2. The van der Waals surface area contributed by atoms with Gasteiger partial charge in [-0.25, -0.2) is 4.39 Å². The van der Waals surface area contributed by atoms with Crippen molar-refractivity contribution in [1.82, 2.24) is 14.8 Å². The fourth-order valence-corrected chi connectivity index (χ4v) is 2.58. The lowest BCUT2D eigenvalue weighted by Crippen LogP contribution is -2.19. The SMILES string of the molecule is Cc1cccc(-c2n[nH]c(=S)n2CC(=O)Nc2cccc(F)c2)c1. The fourth-order valence-electron chi connectivity index (χ4n) is 2.38. The second-order valence-electron chi connectivity index (χ2n) is 5.37. The molecule has 0 aliphatic heterocycles. The van der Waals surface area contributed by atoms with Crippen LogP contribution in [0.3, 0.4) is 0 Å². The quantitative estimate of drug-likeness (QED) is 0.711. The summed E-state index contributed by atoms with van der Waals surface area (Å²) in [7, 11) is 0. The zero-order chi connectivity index (χ0) is 17.1. The van der Waals surface area contributed by atoms with Crippen molar-refractivity contribution >= 4 is 23.8 Å². The first kappa shape index (κ1) is 16.1. The summed E-state index contributed by atoms with van der Waals surface area (Å²) in [4.78, 5) is 12.3. The number of anilines is 1. The molecule has 1 aromatic heterocycles. The van der Waals surface area contributed by atoms with Gasteiger partial charge in [0, 0.05) is 11.3 Å². The number of carbonyl (C=O) groups is 1. The van der Waals surface area contributed by atoms with Gasteiger partial charge in [-0.1, -0.05) is 29.8 Å². The van der Waals surface area contributed by atoms with E-state index < -0.39 is 5.82 Å². The van der Waals surface area contributed by atoms with E-state index in [1.54, 1.807) is 10.6 Å². The molecule has 3 aromatic rings. The van der Waals surface area contributed by atoms with E-state index in [0.717, 1.165) is 11.1 Å². The number of benzene rings is 2. The molecule has 24 heavy (non-hydrogen) atoms. The predicted octanol–water partition coefficient (Wildman–Crippen LogP) is 3.69. The van der Waals surface area contributed by atoms with Crippen LogP contribution in [0, 0.1) is 17.5 Å². The van der Waals surface area contributed by atoms with Crippen molar-refractivity contribution < 1.29 is 9.18 Å². The molecule has 2 N–H and O–H groups in total. The molecule has 7 heteroatoms. The number of nitrogens with one attached hydrogen (secondary N) is 2. The van der Waals surface area contributed by atoms with Crippen molar-refractivity contribution in [1.29, 1.82) is 0 Å². The second kappa shape index (κ2) is 6.76. The minimum atomic E-state index is -0.409. The Labute approximate surface area is 143 Å². The molecule has 1 amide bonds. The van der Waals surface area contributed by atoms with E-state index in [1.807, 2.05) is 31.2 Å². The number of aromatic nitrogens is 3. The average Bonchev–Trinajstić information content (AvgIpc) is 2.88. The molecular weight excluding hydrogens is 327 g/mol. The van der Waals surface area contributed by atoms with Crippen molar-refractivity contribution in [2.24, 2.45) is 0 Å². The molecule has 0 atom stereocenters. The van der Waals surface area contributed by atoms with Gasteiger partial charge in [-0.3, -0.25) is 14.5 Å². The molecular formula is C17H15FN4OS. The predicted molar refractivity (Wildman–Crippen MR) is 92.6 cm³/mol. The standard InChI is InChI=1S/C17H15FN4OS/c1-11-4-2-5-12(8-11)16-20-21-17(24)22(16)10-15(23)19-14-7-3-6-13(18)9-14/h2-9H,10H2,1H3,(H,19,23)(H,21,24). The van der Waals surface area contributed by atoms with Gasteiger partial charge < -0.3 is 5.32 Å². The van der Waals surface area contributed by atoms with Crippen molar-refractivity contribution in [3.05, 3.63) is 64.7 Å². The van der Waals surface area contributed by atoms with Crippen LogP contribution in [0.25, 0.3) is 11.4 Å². The van der Waals surface area contributed by atoms with E-state index in [-0.39, 0.29) is 12.5 Å². The Morgan fingerprint density at radius 1 is 1.29 bits per heavy atom. The van der Waals surface area contributed by atoms with E-state index in [0.29, 0.717) is 16.3 Å². The normalized spacial score (nSPS) is 10.6. The number of H-pyrrole nitrogens is 1. The Morgan fingerprint density at radius 2 is 2.08 bits per heavy atom. The van der Waals surface area contributed by atoms with Gasteiger partial charge in [0.25, 0.3) is 0 Å². The van der Waals surface area contributed by atoms with Crippen LogP contribution in [-0.4, -0.2) is 20.7 Å². The maximum atomic E-state index is 13.2. The molecule has 0 aliphatic rings. The third-order valence-corrected chi connectivity index (χ3v) is 3.76. The first-order chi connectivity index (χ1) is 11.5. The van der Waals surface area contributed by atoms with Crippen LogP contribution in [0.4, 0.5) is 10.1 Å². The molecule has 2 aromatic carbocycles. The summed E-state index contributed by atoms with van der Waals surface area (Å²) < 4.78 is 15.2. The Balaban J connectivity index is 1.84. The highest BCUT2D eigenvalue weighted by Gasteiger charge is 2.13. The third kappa shape index (κ3) is 3.57. The van der Waals surface area contributed by atoms with Crippen LogP contribution in [0.15, 0.2) is 48.5 Å². The van der Waals surface area contributed by atoms with Gasteiger partial charge in [-0.05, 0) is 43.4 Å². The zero-order valence-corrected chi connectivity index (χ0v) is 13.7. The molecule has 0 saturated carbocycles. The van der Waals surface area contributed by atoms with E-state index >= 15 is 0 Å². The molecule has 0 unspecified atom stereocenters. The van der Waals surface area contributed by atoms with Crippen LogP contribution in [-0.2, 0) is 11.3 Å². The average molecular weight is 342 g/mol. The first-order valence-electron chi connectivity index (χ1n) is 7.30. The van der Waals surface area contributed by atoms with Crippen molar-refractivity contribution in [3.63, 3.8) is 0 Å². The zero-order valence-electron chi connectivity index (χ0n) is 12.9. The van der Waals surface area contributed by atoms with E-state index in [9.17, 15) is 9.18 Å². The summed E-state index contributed by atoms with van der Waals surface area (Å²) in [5, 5.41) is 9.57. The maximum Gasteiger partial charge on any atom is 0.244 e. The molecule has 122 valence electrons. The van der Waals surface area contributed by atoms with Gasteiger partial charge in [0.15, 0.2) is 10.6 Å². The van der Waals surface area contributed by atoms with Crippen LogP contribution >= 0.6 is 12.2 Å². The summed E-state index contributed by atoms with van der Waals surface area (Å²) in [5.41, 5.74) is 2.34. The highest BCUT2D eigenvalue weighted by atomic mass is 32.1. The number of rotatable bonds is 4. The Kier molecular flexibility index (Phi) is 4.52. The number of hydrogen-bond acceptors (Lipinski definition) is 3. The van der Waals surface area contributed by atoms with Gasteiger partial charge in [-0.15, -0.1) is 0 Å². The van der Waals surface area contributed by atoms with Gasteiger partial charge in [0.1, 0.15) is 12.4 Å². The second-order valence-corrected chi connectivity index (χ2v) is 5.75. The van der Waals surface area contributed by atoms with E-state index in [1.165, 1.54) is 18.2 Å². The van der Waals surface area contributed by atoms with Gasteiger partial charge >= 0.3 is 0 Å². The van der Waals surface area contributed by atoms with Crippen molar-refractivity contribution in [3.8, 4) is 11.4 Å². The molecule has 3 rings (SSSR count). The monoisotopic (exact) mass is 342 g/mol. The molecule has 0 radical (unpaired) electrons. The smallest absolute Gasteiger partial charge is 0.244 e. The lowest BCUT2D eigenvalue weighted by atomic mass is 10.1. The number of carbonyl (C=O) groups excluding carboxylic acids is 1. The molecule has 0 bridgehead atoms. The molecule has 0 spiro atoms. The van der Waals surface area contributed by atoms with Crippen molar-refractivity contribution in [2.75, 3.05) is 5.32 Å². The Morgan fingerprint density at radius 3 is 2.83 bits per heavy atom. The van der Waals surface area contributed by atoms with Gasteiger partial charge in [0.05, 0.1) is 0 Å². The minimum absolute atomic E-state index is 0.0187. The highest BCUT2D eigenvalue weighted by molar-refractivity contribution is 7.71. The topological polar surface area (TPSA) is 62.7 Å². The van der Waals surface area contributed by atoms with Crippen molar-refractivity contribution in [2.45, 2.75) is 13.5 Å². The Bertz CT molecular complexity index is 948. The van der Waals surface area contributed by atoms with Gasteiger partial charge in [0.2, 0.25) is 5.91 Å². The van der Waals surface area contributed by atoms with Crippen LogP contribution in [0.2, 0.25) is 0 Å². The fraction of sp³-hybridized carbons (Fsp3) is 0.118. The van der Waals surface area contributed by atoms with Crippen LogP contribution < -0.4 is 5.32 Å². The molecule has 0 aliphatic carbocycles. The van der Waals surface area contributed by atoms with Crippen LogP contribution in [0.5, 0.6) is 0 Å². The minimum Gasteiger partial charge on any atom is -0.324 e. The number of nitrogens with zero attached hydrogens (tertiary/aromatic N) is 2. The number of amides is 1. The molecule has 0 saturated heterocycles. The lowest BCUT2D eigenvalue weighted by Gasteiger charge is -2.09. The number of halogens is 1. The summed E-state index contributed by atoms with van der Waals surface area (Å²) in [6, 6.07) is 13.5. The van der Waals surface area contributed by atoms with E-state index in [2.05, 4.69) is 15.5 Å². The summed E-state index contributed by atoms with van der Waals surface area (Å²) in [6.45, 7) is 1.96. The third-order valence-electron chi connectivity index (χ3n) is 3.44. The molecule has 1 heterocycles. The Hall–Kier alpha value is -2.80. The molecule has 5 nitrogen and oxygen atoms in total. The lowest BCUT2D eigenvalue weighted by molar-refractivity contribution is -0.116. The largest absolute Gasteiger partial charge is 0.324 e. The molecule has 0 fully saturated rings. The summed E-state index contributed by atoms with van der Waals surface area (Å²) in [5.74, 6) is -0.140. The highest BCUT2D eigenvalue weighted by Crippen LogP contribution is 2.18. The maximum absolute atomic E-state index is 13.2. The van der Waals surface area contributed by atoms with Crippen LogP contribution in [0.1, 0.15) is 5.56 Å². The van der Waals surface area contributed by atoms with Gasteiger partial charge in [-0.2, -0.15) is 5.10 Å².